The van der Waals surface area contributed by atoms with Gasteiger partial charge in [0.15, 0.2) is 0 Å². The smallest absolute Gasteiger partial charge is 0.0683 e. The van der Waals surface area contributed by atoms with E-state index >= 15 is 0 Å². The number of nitrogens with one attached hydrogen (secondary N) is 1. The molecule has 0 aromatic carbocycles. The van der Waals surface area contributed by atoms with E-state index in [2.05, 4.69) is 41.3 Å². The first kappa shape index (κ1) is 16.1. The monoisotopic (exact) mass is 287 g/mol. The molecule has 0 radical (unpaired) electrons. The van der Waals surface area contributed by atoms with E-state index in [0.29, 0.717) is 6.04 Å². The van der Waals surface area contributed by atoms with Crippen molar-refractivity contribution < 1.29 is 0 Å². The fourth-order valence-corrected chi connectivity index (χ4v) is 2.83. The molecule has 1 saturated carbocycles. The summed E-state index contributed by atoms with van der Waals surface area (Å²) in [6.07, 6.45) is 10.4. The molecule has 21 heavy (non-hydrogen) atoms. The van der Waals surface area contributed by atoms with Gasteiger partial charge in [0.1, 0.15) is 0 Å². The zero-order valence-corrected chi connectivity index (χ0v) is 13.7. The third-order valence-corrected chi connectivity index (χ3v) is 4.36. The molecule has 0 aliphatic heterocycles. The molecular formula is C18H29N3. The Bertz CT molecular complexity index is 477. The second-order valence-corrected chi connectivity index (χ2v) is 7.05. The summed E-state index contributed by atoms with van der Waals surface area (Å²) >= 11 is 0. The summed E-state index contributed by atoms with van der Waals surface area (Å²) in [7, 11) is 0. The van der Waals surface area contributed by atoms with E-state index in [1.807, 2.05) is 13.8 Å². The lowest BCUT2D eigenvalue weighted by Gasteiger charge is -2.17. The molecule has 3 heteroatoms. The molecule has 3 nitrogen and oxygen atoms in total. The average Bonchev–Trinajstić information content (AvgIpc) is 3.19. The average molecular weight is 287 g/mol. The van der Waals surface area contributed by atoms with E-state index in [0.717, 1.165) is 31.8 Å². The van der Waals surface area contributed by atoms with Gasteiger partial charge in [0, 0.05) is 25.0 Å². The zero-order chi connectivity index (χ0) is 15.3. The van der Waals surface area contributed by atoms with Gasteiger partial charge in [-0.1, -0.05) is 6.92 Å². The maximum absolute atomic E-state index is 9.05. The Morgan fingerprint density at radius 2 is 2.24 bits per heavy atom. The van der Waals surface area contributed by atoms with Gasteiger partial charge in [-0.05, 0) is 70.0 Å². The van der Waals surface area contributed by atoms with E-state index in [9.17, 15) is 0 Å². The van der Waals surface area contributed by atoms with Gasteiger partial charge in [0.25, 0.3) is 0 Å². The lowest BCUT2D eigenvalue weighted by atomic mass is 9.90. The van der Waals surface area contributed by atoms with E-state index in [1.165, 1.54) is 24.8 Å². The molecule has 1 heterocycles. The van der Waals surface area contributed by atoms with Crippen LogP contribution >= 0.6 is 0 Å². The molecule has 0 saturated heterocycles. The second-order valence-electron chi connectivity index (χ2n) is 7.05. The summed E-state index contributed by atoms with van der Waals surface area (Å²) in [6, 6.07) is 5.19. The van der Waals surface area contributed by atoms with Crippen molar-refractivity contribution in [2.75, 3.05) is 6.54 Å². The molecule has 1 aliphatic rings. The Morgan fingerprint density at radius 1 is 1.48 bits per heavy atom. The summed E-state index contributed by atoms with van der Waals surface area (Å²) < 4.78 is 2.28. The SMILES string of the molecule is CCCNC(c1ccn(CCCC(C)(C)C#N)c1)C1CC1. The molecule has 0 spiro atoms. The van der Waals surface area contributed by atoms with E-state index in [-0.39, 0.29) is 5.41 Å². The van der Waals surface area contributed by atoms with Gasteiger partial charge < -0.3 is 9.88 Å². The number of nitrogens with zero attached hydrogens (tertiary/aromatic N) is 2. The van der Waals surface area contributed by atoms with Crippen LogP contribution in [0.25, 0.3) is 0 Å². The molecule has 2 rings (SSSR count). The van der Waals surface area contributed by atoms with Crippen LogP contribution in [-0.2, 0) is 6.54 Å². The fraction of sp³-hybridized carbons (Fsp3) is 0.722. The van der Waals surface area contributed by atoms with Gasteiger partial charge in [-0.15, -0.1) is 0 Å². The van der Waals surface area contributed by atoms with Crippen molar-refractivity contribution in [2.24, 2.45) is 11.3 Å². The highest BCUT2D eigenvalue weighted by Gasteiger charge is 2.32. The third-order valence-electron chi connectivity index (χ3n) is 4.36. The summed E-state index contributed by atoms with van der Waals surface area (Å²) in [5.74, 6) is 0.838. The predicted molar refractivity (Wildman–Crippen MR) is 86.8 cm³/mol. The Labute approximate surface area is 129 Å². The molecule has 116 valence electrons. The van der Waals surface area contributed by atoms with E-state index in [4.69, 9.17) is 5.26 Å². The minimum absolute atomic E-state index is 0.199. The van der Waals surface area contributed by atoms with E-state index in [1.54, 1.807) is 0 Å². The predicted octanol–water partition coefficient (Wildman–Crippen LogP) is 4.27. The Hall–Kier alpha value is -1.27. The Kier molecular flexibility index (Phi) is 5.47. The molecule has 1 aromatic heterocycles. The van der Waals surface area contributed by atoms with Crippen LogP contribution in [0.15, 0.2) is 18.5 Å². The largest absolute Gasteiger partial charge is 0.354 e. The van der Waals surface area contributed by atoms with Crippen LogP contribution in [0.4, 0.5) is 0 Å². The standard InChI is InChI=1S/C18H29N3/c1-4-10-20-17(15-6-7-15)16-8-12-21(13-16)11-5-9-18(2,3)14-19/h8,12-13,15,17,20H,4-7,9-11H2,1-3H3. The van der Waals surface area contributed by atoms with Gasteiger partial charge >= 0.3 is 0 Å². The van der Waals surface area contributed by atoms with Crippen molar-refractivity contribution in [1.82, 2.24) is 9.88 Å². The first-order valence-electron chi connectivity index (χ1n) is 8.36. The second kappa shape index (κ2) is 7.13. The molecule has 0 bridgehead atoms. The molecule has 1 unspecified atom stereocenters. The number of rotatable bonds is 9. The number of hydrogen-bond donors (Lipinski definition) is 1. The minimum atomic E-state index is -0.199. The molecule has 1 aliphatic carbocycles. The van der Waals surface area contributed by atoms with Gasteiger partial charge in [0.05, 0.1) is 11.5 Å². The van der Waals surface area contributed by atoms with Crippen molar-refractivity contribution >= 4 is 0 Å². The first-order valence-corrected chi connectivity index (χ1v) is 8.36. The van der Waals surface area contributed by atoms with Gasteiger partial charge in [-0.3, -0.25) is 0 Å². The topological polar surface area (TPSA) is 40.8 Å². The number of nitriles is 1. The lowest BCUT2D eigenvalue weighted by Crippen LogP contribution is -2.23. The van der Waals surface area contributed by atoms with Crippen molar-refractivity contribution in [2.45, 2.75) is 65.5 Å². The Morgan fingerprint density at radius 3 is 2.86 bits per heavy atom. The summed E-state index contributed by atoms with van der Waals surface area (Å²) in [5, 5.41) is 12.7. The van der Waals surface area contributed by atoms with Crippen LogP contribution in [0.1, 0.15) is 64.5 Å². The van der Waals surface area contributed by atoms with Crippen LogP contribution in [0.2, 0.25) is 0 Å². The fourth-order valence-electron chi connectivity index (χ4n) is 2.83. The first-order chi connectivity index (χ1) is 10.1. The molecular weight excluding hydrogens is 258 g/mol. The summed E-state index contributed by atoms with van der Waals surface area (Å²) in [6.45, 7) is 8.37. The molecule has 1 atom stereocenters. The summed E-state index contributed by atoms with van der Waals surface area (Å²) in [5.41, 5.74) is 1.24. The van der Waals surface area contributed by atoms with E-state index < -0.39 is 0 Å². The molecule has 1 fully saturated rings. The van der Waals surface area contributed by atoms with Gasteiger partial charge in [0.2, 0.25) is 0 Å². The maximum atomic E-state index is 9.05. The summed E-state index contributed by atoms with van der Waals surface area (Å²) in [4.78, 5) is 0. The van der Waals surface area contributed by atoms with Crippen molar-refractivity contribution in [1.29, 1.82) is 5.26 Å². The van der Waals surface area contributed by atoms with Crippen molar-refractivity contribution in [3.8, 4) is 6.07 Å². The lowest BCUT2D eigenvalue weighted by molar-refractivity contribution is 0.415. The maximum Gasteiger partial charge on any atom is 0.0683 e. The number of aromatic nitrogens is 1. The minimum Gasteiger partial charge on any atom is -0.354 e. The normalized spacial score (nSPS) is 16.7. The van der Waals surface area contributed by atoms with Gasteiger partial charge in [-0.25, -0.2) is 0 Å². The number of hydrogen-bond acceptors (Lipinski definition) is 2. The molecule has 0 amide bonds. The zero-order valence-electron chi connectivity index (χ0n) is 13.7. The molecule has 1 N–H and O–H groups in total. The quantitative estimate of drug-likeness (QED) is 0.737. The number of aryl methyl sites for hydroxylation is 1. The highest BCUT2D eigenvalue weighted by Crippen LogP contribution is 2.41. The highest BCUT2D eigenvalue weighted by molar-refractivity contribution is 5.18. The highest BCUT2D eigenvalue weighted by atomic mass is 15.0. The van der Waals surface area contributed by atoms with Crippen LogP contribution in [-0.4, -0.2) is 11.1 Å². The van der Waals surface area contributed by atoms with Crippen LogP contribution < -0.4 is 5.32 Å². The van der Waals surface area contributed by atoms with Gasteiger partial charge in [-0.2, -0.15) is 5.26 Å². The van der Waals surface area contributed by atoms with Crippen molar-refractivity contribution in [3.63, 3.8) is 0 Å². The van der Waals surface area contributed by atoms with Crippen LogP contribution in [0, 0.1) is 22.7 Å². The van der Waals surface area contributed by atoms with Crippen LogP contribution in [0.5, 0.6) is 0 Å². The van der Waals surface area contributed by atoms with Crippen LogP contribution in [0.3, 0.4) is 0 Å². The third kappa shape index (κ3) is 4.89. The van der Waals surface area contributed by atoms with Crippen molar-refractivity contribution in [3.05, 3.63) is 24.0 Å². The Balaban J connectivity index is 1.86. The molecule has 1 aromatic rings.